The van der Waals surface area contributed by atoms with Crippen molar-refractivity contribution in [3.63, 3.8) is 0 Å². The second-order valence-corrected chi connectivity index (χ2v) is 9.00. The monoisotopic (exact) mass is 563 g/mol. The van der Waals surface area contributed by atoms with Gasteiger partial charge in [0.2, 0.25) is 11.8 Å². The number of benzene rings is 2. The van der Waals surface area contributed by atoms with Crippen LogP contribution in [-0.4, -0.2) is 54.6 Å². The number of Topliss-reactive ketones (excluding diaryl/α,β-unsaturated/α-hetero) is 1. The topological polar surface area (TPSA) is 148 Å². The number of carbonyl (C=O) groups is 4. The van der Waals surface area contributed by atoms with E-state index in [1.165, 1.54) is 6.92 Å². The lowest BCUT2D eigenvalue weighted by atomic mass is 9.98. The summed E-state index contributed by atoms with van der Waals surface area (Å²) in [4.78, 5) is 47.4. The van der Waals surface area contributed by atoms with Crippen LogP contribution in [0.15, 0.2) is 48.5 Å². The summed E-state index contributed by atoms with van der Waals surface area (Å²) in [5.41, 5.74) is 9.97. The molecule has 5 N–H and O–H groups in total. The second-order valence-electron chi connectivity index (χ2n) is 9.00. The van der Waals surface area contributed by atoms with Crippen molar-refractivity contribution >= 4 is 50.7 Å². The summed E-state index contributed by atoms with van der Waals surface area (Å²) in [6.45, 7) is 1.38. The first kappa shape index (κ1) is 33.0. The highest BCUT2D eigenvalue weighted by atomic mass is 32.1. The van der Waals surface area contributed by atoms with Crippen molar-refractivity contribution < 1.29 is 29.0 Å². The van der Waals surface area contributed by atoms with E-state index >= 15 is 0 Å². The number of fused-ring (bicyclic) bond motifs is 3. The summed E-state index contributed by atoms with van der Waals surface area (Å²) in [6, 6.07) is 15.3. The molecule has 3 rings (SSSR count). The quantitative estimate of drug-likeness (QED) is 0.275. The Morgan fingerprint density at radius 2 is 1.55 bits per heavy atom. The molecule has 3 amide bonds. The van der Waals surface area contributed by atoms with Gasteiger partial charge in [-0.3, -0.25) is 9.59 Å². The third kappa shape index (κ3) is 8.78. The van der Waals surface area contributed by atoms with Gasteiger partial charge in [0.1, 0.15) is 18.4 Å². The van der Waals surface area contributed by atoms with E-state index in [0.29, 0.717) is 19.4 Å². The molecule has 11 heteroatoms. The average molecular weight is 564 g/mol. The van der Waals surface area contributed by atoms with E-state index in [2.05, 4.69) is 34.9 Å². The number of amides is 3. The first-order chi connectivity index (χ1) is 17.3. The highest BCUT2D eigenvalue weighted by Crippen LogP contribution is 2.44. The summed E-state index contributed by atoms with van der Waals surface area (Å²) >= 11 is 0. The lowest BCUT2D eigenvalue weighted by Gasteiger charge is -2.19. The summed E-state index contributed by atoms with van der Waals surface area (Å²) in [7, 11) is 0. The lowest BCUT2D eigenvalue weighted by Crippen LogP contribution is -2.47. The van der Waals surface area contributed by atoms with E-state index < -0.39 is 36.5 Å². The molecule has 0 saturated heterocycles. The third-order valence-corrected chi connectivity index (χ3v) is 6.32. The van der Waals surface area contributed by atoms with Crippen LogP contribution in [0.3, 0.4) is 0 Å². The Morgan fingerprint density at radius 1 is 0.974 bits per heavy atom. The molecule has 2 aromatic rings. The van der Waals surface area contributed by atoms with Crippen LogP contribution in [0.5, 0.6) is 0 Å². The Bertz CT molecular complexity index is 1070. The van der Waals surface area contributed by atoms with Crippen molar-refractivity contribution in [2.45, 2.75) is 44.6 Å². The molecular weight excluding hydrogens is 526 g/mol. The number of hydrogen-bond acceptors (Lipinski definition) is 6. The van der Waals surface area contributed by atoms with Crippen molar-refractivity contribution in [1.29, 1.82) is 0 Å². The van der Waals surface area contributed by atoms with Gasteiger partial charge in [-0.2, -0.15) is 27.0 Å². The predicted octanol–water partition coefficient (Wildman–Crippen LogP) is 2.48. The zero-order valence-electron chi connectivity index (χ0n) is 21.4. The van der Waals surface area contributed by atoms with E-state index in [4.69, 9.17) is 10.5 Å². The van der Waals surface area contributed by atoms with Gasteiger partial charge in [-0.05, 0) is 48.4 Å². The number of alkyl carbamates (subject to hydrolysis) is 1. The SMILES string of the molecule is CC(=O)C[C@@H](CO)C(=O)N[C@@H](CCCCNC(=O)OCC1c2ccccc2-c2ccccc21)C(N)=O.S.S. The molecule has 0 aliphatic heterocycles. The Labute approximate surface area is 236 Å². The first-order valence-corrected chi connectivity index (χ1v) is 12.1. The number of aliphatic hydroxyl groups is 1. The largest absolute Gasteiger partial charge is 0.449 e. The molecular formula is C27H37N3O6S2. The number of nitrogens with two attached hydrogens (primary N) is 1. The number of unbranched alkanes of at least 4 members (excludes halogenated alkanes) is 1. The Balaban J connectivity index is 0.00000361. The zero-order chi connectivity index (χ0) is 26.1. The molecule has 0 heterocycles. The highest BCUT2D eigenvalue weighted by Gasteiger charge is 2.29. The molecule has 1 aliphatic carbocycles. The van der Waals surface area contributed by atoms with Gasteiger partial charge in [0.05, 0.1) is 12.5 Å². The van der Waals surface area contributed by atoms with Crippen LogP contribution in [-0.2, 0) is 19.1 Å². The third-order valence-electron chi connectivity index (χ3n) is 6.32. The summed E-state index contributed by atoms with van der Waals surface area (Å²) in [5, 5.41) is 14.5. The molecule has 9 nitrogen and oxygen atoms in total. The molecule has 0 spiro atoms. The summed E-state index contributed by atoms with van der Waals surface area (Å²) in [5.74, 6) is -2.46. The van der Waals surface area contributed by atoms with Crippen LogP contribution in [0.2, 0.25) is 0 Å². The fourth-order valence-corrected chi connectivity index (χ4v) is 4.48. The van der Waals surface area contributed by atoms with E-state index in [1.54, 1.807) is 0 Å². The minimum atomic E-state index is -0.923. The summed E-state index contributed by atoms with van der Waals surface area (Å²) in [6.07, 6.45) is 0.685. The number of nitrogens with one attached hydrogen (secondary N) is 2. The zero-order valence-corrected chi connectivity index (χ0v) is 23.4. The average Bonchev–Trinajstić information content (AvgIpc) is 3.18. The minimum Gasteiger partial charge on any atom is -0.449 e. The predicted molar refractivity (Wildman–Crippen MR) is 155 cm³/mol. The maximum absolute atomic E-state index is 12.3. The van der Waals surface area contributed by atoms with Crippen LogP contribution in [0.25, 0.3) is 11.1 Å². The number of ether oxygens (including phenoxy) is 1. The molecule has 208 valence electrons. The van der Waals surface area contributed by atoms with Crippen molar-refractivity contribution in [2.75, 3.05) is 19.8 Å². The molecule has 0 fully saturated rings. The lowest BCUT2D eigenvalue weighted by molar-refractivity contribution is -0.133. The second kappa shape index (κ2) is 16.1. The maximum atomic E-state index is 12.3. The van der Waals surface area contributed by atoms with E-state index in [0.717, 1.165) is 22.3 Å². The van der Waals surface area contributed by atoms with E-state index in [-0.39, 0.29) is 58.1 Å². The number of hydrogen-bond donors (Lipinski definition) is 4. The van der Waals surface area contributed by atoms with Gasteiger partial charge in [0.25, 0.3) is 0 Å². The first-order valence-electron chi connectivity index (χ1n) is 12.1. The maximum Gasteiger partial charge on any atom is 0.407 e. The number of rotatable bonds is 13. The van der Waals surface area contributed by atoms with Crippen LogP contribution in [0.1, 0.15) is 49.7 Å². The minimum absolute atomic E-state index is 0. The molecule has 2 aromatic carbocycles. The molecule has 2 atom stereocenters. The van der Waals surface area contributed by atoms with Crippen LogP contribution in [0, 0.1) is 5.92 Å². The van der Waals surface area contributed by atoms with E-state index in [1.807, 2.05) is 24.3 Å². The van der Waals surface area contributed by atoms with Gasteiger partial charge in [0.15, 0.2) is 0 Å². The number of aliphatic hydroxyl groups excluding tert-OH is 1. The fourth-order valence-electron chi connectivity index (χ4n) is 4.48. The van der Waals surface area contributed by atoms with Gasteiger partial charge in [0, 0.05) is 18.9 Å². The van der Waals surface area contributed by atoms with Gasteiger partial charge in [-0.15, -0.1) is 0 Å². The standard InChI is InChI=1S/C27H33N3O6.2H2S/c1-17(32)14-18(15-31)26(34)30-24(25(28)33)12-6-7-13-29-27(35)36-16-23-21-10-4-2-8-19(21)20-9-3-5-11-22(20)23;;/h2-5,8-11,18,23-24,31H,6-7,12-16H2,1H3,(H2,28,33)(H,29,35)(H,30,34);2*1H2/t18-,24-;;/m0../s1. The van der Waals surface area contributed by atoms with Gasteiger partial charge >= 0.3 is 6.09 Å². The smallest absolute Gasteiger partial charge is 0.407 e. The Hall–Kier alpha value is -3.02. The van der Waals surface area contributed by atoms with Crippen LogP contribution >= 0.6 is 27.0 Å². The van der Waals surface area contributed by atoms with Gasteiger partial charge < -0.3 is 31.0 Å². The van der Waals surface area contributed by atoms with Crippen LogP contribution < -0.4 is 16.4 Å². The fraction of sp³-hybridized carbons (Fsp3) is 0.407. The Morgan fingerprint density at radius 3 is 2.08 bits per heavy atom. The van der Waals surface area contributed by atoms with Crippen LogP contribution in [0.4, 0.5) is 4.79 Å². The molecule has 38 heavy (non-hydrogen) atoms. The number of ketones is 1. The molecule has 0 bridgehead atoms. The van der Waals surface area contributed by atoms with Gasteiger partial charge in [-0.25, -0.2) is 4.79 Å². The van der Waals surface area contributed by atoms with Crippen molar-refractivity contribution in [2.24, 2.45) is 11.7 Å². The molecule has 0 aromatic heterocycles. The molecule has 1 aliphatic rings. The highest BCUT2D eigenvalue weighted by molar-refractivity contribution is 7.59. The van der Waals surface area contributed by atoms with Crippen molar-refractivity contribution in [1.82, 2.24) is 10.6 Å². The van der Waals surface area contributed by atoms with E-state index in [9.17, 15) is 24.3 Å². The number of carbonyl (C=O) groups excluding carboxylic acids is 4. The number of primary amides is 1. The molecule has 0 saturated carbocycles. The normalized spacial score (nSPS) is 13.0. The Kier molecular flexibility index (Phi) is 13.9. The summed E-state index contributed by atoms with van der Waals surface area (Å²) < 4.78 is 5.50. The molecule has 0 unspecified atom stereocenters. The van der Waals surface area contributed by atoms with Crippen molar-refractivity contribution in [3.05, 3.63) is 59.7 Å². The molecule has 0 radical (unpaired) electrons. The van der Waals surface area contributed by atoms with Gasteiger partial charge in [-0.1, -0.05) is 48.5 Å². The van der Waals surface area contributed by atoms with Crippen molar-refractivity contribution in [3.8, 4) is 11.1 Å².